The van der Waals surface area contributed by atoms with Crippen molar-refractivity contribution >= 4 is 16.0 Å². The van der Waals surface area contributed by atoms with Crippen molar-refractivity contribution in [2.24, 2.45) is 5.92 Å². The molecule has 7 nitrogen and oxygen atoms in total. The van der Waals surface area contributed by atoms with Crippen molar-refractivity contribution in [3.8, 4) is 0 Å². The van der Waals surface area contributed by atoms with E-state index in [1.807, 2.05) is 6.92 Å². The summed E-state index contributed by atoms with van der Waals surface area (Å²) in [5.74, 6) is -0.611. The fourth-order valence-electron chi connectivity index (χ4n) is 3.11. The molecule has 21 heavy (non-hydrogen) atoms. The molecule has 0 spiro atoms. The van der Waals surface area contributed by atoms with Crippen LogP contribution < -0.4 is 5.32 Å². The number of nitrogens with one attached hydrogen (secondary N) is 1. The molecular weight excluding hydrogens is 294 g/mol. The Morgan fingerprint density at radius 3 is 2.24 bits per heavy atom. The number of aliphatic carboxylic acids is 1. The molecule has 2 rings (SSSR count). The van der Waals surface area contributed by atoms with Crippen molar-refractivity contribution in [2.45, 2.75) is 25.3 Å². The average molecular weight is 319 g/mol. The topological polar surface area (TPSA) is 90.0 Å². The van der Waals surface area contributed by atoms with E-state index in [0.717, 1.165) is 12.8 Å². The molecule has 0 aromatic carbocycles. The van der Waals surface area contributed by atoms with Crippen LogP contribution in [0.5, 0.6) is 0 Å². The maximum absolute atomic E-state index is 11.8. The molecule has 0 amide bonds. The molecule has 1 atom stereocenters. The molecule has 0 radical (unpaired) electrons. The highest BCUT2D eigenvalue weighted by molar-refractivity contribution is 7.88. The number of hydrogen-bond donors (Lipinski definition) is 2. The highest BCUT2D eigenvalue weighted by Crippen LogP contribution is 2.40. The van der Waals surface area contributed by atoms with Crippen molar-refractivity contribution in [2.75, 3.05) is 45.5 Å². The molecule has 8 heteroatoms. The number of likely N-dealkylation sites (N-methyl/N-ethyl adjacent to an activating group) is 1. The van der Waals surface area contributed by atoms with E-state index in [2.05, 4.69) is 10.2 Å². The van der Waals surface area contributed by atoms with Gasteiger partial charge in [-0.05, 0) is 25.3 Å². The lowest BCUT2D eigenvalue weighted by Gasteiger charge is -2.39. The zero-order chi connectivity index (χ0) is 15.7. The van der Waals surface area contributed by atoms with Gasteiger partial charge in [-0.2, -0.15) is 4.31 Å². The van der Waals surface area contributed by atoms with Gasteiger partial charge in [-0.25, -0.2) is 8.42 Å². The first-order valence-electron chi connectivity index (χ1n) is 7.45. The lowest BCUT2D eigenvalue weighted by molar-refractivity contribution is -0.147. The Hall–Kier alpha value is -0.700. The third-order valence-electron chi connectivity index (χ3n) is 4.42. The SMILES string of the molecule is CCNC(CN1CCN(S(C)(=O)=O)CC1)(C(=O)O)C1CC1. The molecule has 1 saturated heterocycles. The van der Waals surface area contributed by atoms with Crippen molar-refractivity contribution < 1.29 is 18.3 Å². The first-order chi connectivity index (χ1) is 9.79. The summed E-state index contributed by atoms with van der Waals surface area (Å²) in [6.07, 6.45) is 3.11. The second-order valence-electron chi connectivity index (χ2n) is 6.02. The lowest BCUT2D eigenvalue weighted by Crippen LogP contribution is -2.63. The molecule has 1 aliphatic carbocycles. The Kier molecular flexibility index (Phi) is 4.92. The van der Waals surface area contributed by atoms with E-state index in [1.165, 1.54) is 10.6 Å². The first-order valence-corrected chi connectivity index (χ1v) is 9.30. The molecular formula is C13H25N3O4S. The van der Waals surface area contributed by atoms with Gasteiger partial charge in [0.25, 0.3) is 0 Å². The summed E-state index contributed by atoms with van der Waals surface area (Å²) < 4.78 is 24.5. The van der Waals surface area contributed by atoms with Crippen molar-refractivity contribution in [1.82, 2.24) is 14.5 Å². The molecule has 2 N–H and O–H groups in total. The summed E-state index contributed by atoms with van der Waals surface area (Å²) in [4.78, 5) is 13.9. The number of piperazine rings is 1. The number of nitrogens with zero attached hydrogens (tertiary/aromatic N) is 2. The number of carboxylic acids is 1. The molecule has 1 unspecified atom stereocenters. The standard InChI is InChI=1S/C13H25N3O4S/c1-3-14-13(12(17)18,11-4-5-11)10-15-6-8-16(9-7-15)21(2,19)20/h11,14H,3-10H2,1-2H3,(H,17,18). The van der Waals surface area contributed by atoms with E-state index in [1.54, 1.807) is 0 Å². The number of carbonyl (C=O) groups is 1. The minimum Gasteiger partial charge on any atom is -0.480 e. The maximum Gasteiger partial charge on any atom is 0.325 e. The van der Waals surface area contributed by atoms with E-state index in [-0.39, 0.29) is 5.92 Å². The highest BCUT2D eigenvalue weighted by Gasteiger charge is 2.51. The maximum atomic E-state index is 11.8. The van der Waals surface area contributed by atoms with Crippen LogP contribution in [-0.2, 0) is 14.8 Å². The van der Waals surface area contributed by atoms with E-state index >= 15 is 0 Å². The van der Waals surface area contributed by atoms with Crippen LogP contribution in [0, 0.1) is 5.92 Å². The summed E-state index contributed by atoms with van der Waals surface area (Å²) >= 11 is 0. The smallest absolute Gasteiger partial charge is 0.325 e. The van der Waals surface area contributed by atoms with Gasteiger partial charge >= 0.3 is 5.97 Å². The average Bonchev–Trinajstić information content (AvgIpc) is 3.22. The number of carboxylic acid groups (broad SMARTS) is 1. The van der Waals surface area contributed by atoms with E-state index in [4.69, 9.17) is 0 Å². The first kappa shape index (κ1) is 16.7. The molecule has 2 fully saturated rings. The van der Waals surface area contributed by atoms with Crippen molar-refractivity contribution in [3.05, 3.63) is 0 Å². The van der Waals surface area contributed by atoms with Crippen LogP contribution in [0.4, 0.5) is 0 Å². The zero-order valence-corrected chi connectivity index (χ0v) is 13.5. The summed E-state index contributed by atoms with van der Waals surface area (Å²) in [6.45, 7) is 5.02. The fourth-order valence-corrected chi connectivity index (χ4v) is 3.94. The van der Waals surface area contributed by atoms with Gasteiger partial charge in [0.05, 0.1) is 6.26 Å². The monoisotopic (exact) mass is 319 g/mol. The van der Waals surface area contributed by atoms with Gasteiger partial charge < -0.3 is 10.4 Å². The molecule has 1 heterocycles. The molecule has 0 bridgehead atoms. The largest absolute Gasteiger partial charge is 0.480 e. The molecule has 1 aliphatic heterocycles. The Balaban J connectivity index is 2.01. The number of hydrogen-bond acceptors (Lipinski definition) is 5. The molecule has 122 valence electrons. The Bertz CT molecular complexity index is 484. The minimum absolute atomic E-state index is 0.183. The normalized spacial score (nSPS) is 24.7. The van der Waals surface area contributed by atoms with Crippen LogP contribution in [0.1, 0.15) is 19.8 Å². The predicted molar refractivity (Wildman–Crippen MR) is 79.6 cm³/mol. The highest BCUT2D eigenvalue weighted by atomic mass is 32.2. The van der Waals surface area contributed by atoms with E-state index < -0.39 is 21.5 Å². The van der Waals surface area contributed by atoms with E-state index in [0.29, 0.717) is 39.3 Å². The van der Waals surface area contributed by atoms with Gasteiger partial charge in [0.15, 0.2) is 0 Å². The van der Waals surface area contributed by atoms with Gasteiger partial charge in [-0.15, -0.1) is 0 Å². The van der Waals surface area contributed by atoms with Gasteiger partial charge in [0, 0.05) is 32.7 Å². The van der Waals surface area contributed by atoms with Gasteiger partial charge in [-0.1, -0.05) is 6.92 Å². The summed E-state index contributed by atoms with van der Waals surface area (Å²) in [7, 11) is -3.15. The van der Waals surface area contributed by atoms with Crippen LogP contribution in [0.25, 0.3) is 0 Å². The third-order valence-corrected chi connectivity index (χ3v) is 5.72. The van der Waals surface area contributed by atoms with Crippen LogP contribution in [0.15, 0.2) is 0 Å². The van der Waals surface area contributed by atoms with Crippen molar-refractivity contribution in [1.29, 1.82) is 0 Å². The Labute approximate surface area is 126 Å². The predicted octanol–water partition coefficient (Wildman–Crippen LogP) is -0.593. The molecule has 1 saturated carbocycles. The quantitative estimate of drug-likeness (QED) is 0.652. The fraction of sp³-hybridized carbons (Fsp3) is 0.923. The van der Waals surface area contributed by atoms with Gasteiger partial charge in [0.1, 0.15) is 5.54 Å². The number of rotatable bonds is 7. The van der Waals surface area contributed by atoms with Crippen LogP contribution in [0.2, 0.25) is 0 Å². The van der Waals surface area contributed by atoms with Gasteiger partial charge in [0.2, 0.25) is 10.0 Å². The lowest BCUT2D eigenvalue weighted by atomic mass is 9.92. The summed E-state index contributed by atoms with van der Waals surface area (Å²) in [6, 6.07) is 0. The van der Waals surface area contributed by atoms with Crippen LogP contribution in [0.3, 0.4) is 0 Å². The second kappa shape index (κ2) is 6.20. The van der Waals surface area contributed by atoms with Gasteiger partial charge in [-0.3, -0.25) is 9.69 Å². The van der Waals surface area contributed by atoms with Crippen LogP contribution >= 0.6 is 0 Å². The summed E-state index contributed by atoms with van der Waals surface area (Å²) in [5.41, 5.74) is -0.887. The molecule has 0 aromatic rings. The minimum atomic E-state index is -3.15. The third kappa shape index (κ3) is 3.74. The Morgan fingerprint density at radius 1 is 1.29 bits per heavy atom. The zero-order valence-electron chi connectivity index (χ0n) is 12.7. The van der Waals surface area contributed by atoms with Crippen LogP contribution in [-0.4, -0.2) is 79.8 Å². The van der Waals surface area contributed by atoms with Crippen molar-refractivity contribution in [3.63, 3.8) is 0 Å². The number of sulfonamides is 1. The molecule has 0 aromatic heterocycles. The summed E-state index contributed by atoms with van der Waals surface area (Å²) in [5, 5.41) is 12.9. The second-order valence-corrected chi connectivity index (χ2v) is 8.00. The Morgan fingerprint density at radius 2 is 1.86 bits per heavy atom. The van der Waals surface area contributed by atoms with E-state index in [9.17, 15) is 18.3 Å². The molecule has 2 aliphatic rings.